The zero-order valence-corrected chi connectivity index (χ0v) is 17.9. The minimum atomic E-state index is -3.78. The number of rotatable bonds is 5. The Morgan fingerprint density at radius 2 is 1.45 bits per heavy atom. The molecule has 3 aromatic carbocycles. The quantitative estimate of drug-likeness (QED) is 0.577. The molecule has 0 aliphatic carbocycles. The van der Waals surface area contributed by atoms with Gasteiger partial charge in [-0.15, -0.1) is 0 Å². The third kappa shape index (κ3) is 5.16. The lowest BCUT2D eigenvalue weighted by atomic mass is 10.1. The largest absolute Gasteiger partial charge is 0.322 e. The second-order valence-electron chi connectivity index (χ2n) is 6.94. The lowest BCUT2D eigenvalue weighted by Gasteiger charge is -2.12. The normalized spacial score (nSPS) is 11.2. The van der Waals surface area contributed by atoms with E-state index in [2.05, 4.69) is 10.0 Å². The van der Waals surface area contributed by atoms with Crippen molar-refractivity contribution >= 4 is 38.9 Å². The van der Waals surface area contributed by atoms with E-state index < -0.39 is 10.0 Å². The van der Waals surface area contributed by atoms with E-state index in [1.807, 2.05) is 39.0 Å². The summed E-state index contributed by atoms with van der Waals surface area (Å²) in [7, 11) is -3.78. The molecule has 2 N–H and O–H groups in total. The van der Waals surface area contributed by atoms with Gasteiger partial charge in [-0.3, -0.25) is 9.52 Å². The van der Waals surface area contributed by atoms with Gasteiger partial charge in [0.05, 0.1) is 15.6 Å². The maximum atomic E-state index is 12.5. The number of anilines is 2. The van der Waals surface area contributed by atoms with Crippen LogP contribution in [0, 0.1) is 20.8 Å². The van der Waals surface area contributed by atoms with E-state index >= 15 is 0 Å². The highest BCUT2D eigenvalue weighted by Gasteiger charge is 2.17. The minimum absolute atomic E-state index is 0.133. The second-order valence-corrected chi connectivity index (χ2v) is 9.03. The van der Waals surface area contributed by atoms with E-state index in [0.717, 1.165) is 16.7 Å². The Labute approximate surface area is 175 Å². The number of benzene rings is 3. The summed E-state index contributed by atoms with van der Waals surface area (Å²) in [4.78, 5) is 12.7. The van der Waals surface area contributed by atoms with Crippen molar-refractivity contribution in [3.63, 3.8) is 0 Å². The fourth-order valence-electron chi connectivity index (χ4n) is 2.91. The molecule has 29 heavy (non-hydrogen) atoms. The van der Waals surface area contributed by atoms with Crippen LogP contribution in [0.5, 0.6) is 0 Å². The first-order valence-electron chi connectivity index (χ1n) is 8.93. The molecular formula is C22H21ClN2O3S. The van der Waals surface area contributed by atoms with Crippen molar-refractivity contribution in [3.05, 3.63) is 87.9 Å². The van der Waals surface area contributed by atoms with Crippen LogP contribution in [0.1, 0.15) is 27.0 Å². The highest BCUT2D eigenvalue weighted by Crippen LogP contribution is 2.26. The van der Waals surface area contributed by atoms with Crippen molar-refractivity contribution < 1.29 is 13.2 Å². The Balaban J connectivity index is 1.79. The van der Waals surface area contributed by atoms with Crippen LogP contribution in [0.3, 0.4) is 0 Å². The predicted octanol–water partition coefficient (Wildman–Crippen LogP) is 5.32. The summed E-state index contributed by atoms with van der Waals surface area (Å²) >= 11 is 6.24. The van der Waals surface area contributed by atoms with Crippen molar-refractivity contribution in [2.75, 3.05) is 10.0 Å². The van der Waals surface area contributed by atoms with Crippen LogP contribution < -0.4 is 10.0 Å². The monoisotopic (exact) mass is 428 g/mol. The molecule has 150 valence electrons. The molecule has 0 heterocycles. The van der Waals surface area contributed by atoms with Gasteiger partial charge in [-0.2, -0.15) is 0 Å². The zero-order valence-electron chi connectivity index (χ0n) is 16.3. The van der Waals surface area contributed by atoms with E-state index in [9.17, 15) is 13.2 Å². The van der Waals surface area contributed by atoms with Gasteiger partial charge in [0, 0.05) is 11.3 Å². The Kier molecular flexibility index (Phi) is 5.96. The lowest BCUT2D eigenvalue weighted by Crippen LogP contribution is -2.15. The molecule has 7 heteroatoms. The summed E-state index contributed by atoms with van der Waals surface area (Å²) in [5.74, 6) is -0.329. The highest BCUT2D eigenvalue weighted by atomic mass is 35.5. The number of halogens is 1. The molecule has 0 aliphatic heterocycles. The van der Waals surface area contributed by atoms with Crippen LogP contribution in [0.25, 0.3) is 0 Å². The van der Waals surface area contributed by atoms with Gasteiger partial charge in [0.1, 0.15) is 0 Å². The number of sulfonamides is 1. The third-order valence-corrected chi connectivity index (χ3v) is 5.98. The number of carbonyl (C=O) groups is 1. The van der Waals surface area contributed by atoms with Crippen molar-refractivity contribution in [1.82, 2.24) is 0 Å². The first-order valence-corrected chi connectivity index (χ1v) is 10.8. The molecule has 0 radical (unpaired) electrons. The maximum Gasteiger partial charge on any atom is 0.261 e. The Morgan fingerprint density at radius 1 is 0.828 bits per heavy atom. The zero-order chi connectivity index (χ0) is 21.2. The summed E-state index contributed by atoms with van der Waals surface area (Å²) in [6, 6.07) is 16.7. The fourth-order valence-corrected chi connectivity index (χ4v) is 4.27. The lowest BCUT2D eigenvalue weighted by molar-refractivity contribution is 0.102. The number of carbonyl (C=O) groups excluding carboxylic acids is 1. The van der Waals surface area contributed by atoms with Gasteiger partial charge in [0.25, 0.3) is 15.9 Å². The topological polar surface area (TPSA) is 75.3 Å². The van der Waals surface area contributed by atoms with Crippen LogP contribution in [0.15, 0.2) is 65.6 Å². The molecule has 5 nitrogen and oxygen atoms in total. The van der Waals surface area contributed by atoms with Gasteiger partial charge >= 0.3 is 0 Å². The summed E-state index contributed by atoms with van der Waals surface area (Å²) in [6.07, 6.45) is 0. The molecule has 0 fully saturated rings. The van der Waals surface area contributed by atoms with Gasteiger partial charge < -0.3 is 5.32 Å². The van der Waals surface area contributed by atoms with Crippen LogP contribution >= 0.6 is 11.6 Å². The van der Waals surface area contributed by atoms with Gasteiger partial charge in [-0.1, -0.05) is 35.4 Å². The van der Waals surface area contributed by atoms with E-state index in [1.165, 1.54) is 30.3 Å². The van der Waals surface area contributed by atoms with E-state index in [0.29, 0.717) is 11.3 Å². The van der Waals surface area contributed by atoms with E-state index in [1.54, 1.807) is 12.1 Å². The van der Waals surface area contributed by atoms with Crippen molar-refractivity contribution in [1.29, 1.82) is 0 Å². The summed E-state index contributed by atoms with van der Waals surface area (Å²) in [6.45, 7) is 5.78. The van der Waals surface area contributed by atoms with Gasteiger partial charge in [-0.25, -0.2) is 8.42 Å². The predicted molar refractivity (Wildman–Crippen MR) is 117 cm³/mol. The molecule has 0 saturated heterocycles. The van der Waals surface area contributed by atoms with E-state index in [-0.39, 0.29) is 21.5 Å². The van der Waals surface area contributed by atoms with Gasteiger partial charge in [-0.05, 0) is 74.4 Å². The molecule has 3 rings (SSSR count). The first-order chi connectivity index (χ1) is 13.6. The molecule has 0 bridgehead atoms. The van der Waals surface area contributed by atoms with Crippen molar-refractivity contribution in [2.24, 2.45) is 0 Å². The molecule has 0 spiro atoms. The maximum absolute atomic E-state index is 12.5. The summed E-state index contributed by atoms with van der Waals surface area (Å²) in [5.41, 5.74) is 4.26. The molecule has 3 aromatic rings. The third-order valence-electron chi connectivity index (χ3n) is 4.29. The number of aryl methyl sites for hydroxylation is 3. The number of hydrogen-bond acceptors (Lipinski definition) is 3. The van der Waals surface area contributed by atoms with Gasteiger partial charge in [0.15, 0.2) is 0 Å². The number of hydrogen-bond donors (Lipinski definition) is 2. The van der Waals surface area contributed by atoms with Crippen LogP contribution in [0.2, 0.25) is 5.02 Å². The molecule has 1 amide bonds. The molecule has 0 saturated carbocycles. The molecular weight excluding hydrogens is 408 g/mol. The van der Waals surface area contributed by atoms with Crippen LogP contribution in [0.4, 0.5) is 11.4 Å². The SMILES string of the molecule is Cc1ccc(S(=O)(=O)Nc2ccc(C(=O)Nc3cc(C)cc(C)c3)cc2Cl)cc1. The van der Waals surface area contributed by atoms with Gasteiger partial charge in [0.2, 0.25) is 0 Å². The molecule has 0 atom stereocenters. The average Bonchev–Trinajstić information content (AvgIpc) is 2.62. The number of amides is 1. The van der Waals surface area contributed by atoms with E-state index in [4.69, 9.17) is 11.6 Å². The Hall–Kier alpha value is -2.83. The molecule has 0 unspecified atom stereocenters. The Bertz CT molecular complexity index is 1150. The summed E-state index contributed by atoms with van der Waals surface area (Å²) in [5, 5.41) is 2.96. The summed E-state index contributed by atoms with van der Waals surface area (Å²) < 4.78 is 27.5. The standard InChI is InChI=1S/C22H21ClN2O3S/c1-14-4-7-19(8-5-14)29(27,28)25-21-9-6-17(13-20(21)23)22(26)24-18-11-15(2)10-16(3)12-18/h4-13,25H,1-3H3,(H,24,26). The number of nitrogens with one attached hydrogen (secondary N) is 2. The second kappa shape index (κ2) is 8.27. The highest BCUT2D eigenvalue weighted by molar-refractivity contribution is 7.92. The molecule has 0 aliphatic rings. The van der Waals surface area contributed by atoms with Crippen molar-refractivity contribution in [2.45, 2.75) is 25.7 Å². The average molecular weight is 429 g/mol. The smallest absolute Gasteiger partial charge is 0.261 e. The van der Waals surface area contributed by atoms with Crippen LogP contribution in [-0.2, 0) is 10.0 Å². The van der Waals surface area contributed by atoms with Crippen molar-refractivity contribution in [3.8, 4) is 0 Å². The fraction of sp³-hybridized carbons (Fsp3) is 0.136. The first kappa shape index (κ1) is 20.9. The Morgan fingerprint density at radius 3 is 2.03 bits per heavy atom. The van der Waals surface area contributed by atoms with Crippen LogP contribution in [-0.4, -0.2) is 14.3 Å². The minimum Gasteiger partial charge on any atom is -0.322 e. The molecule has 0 aromatic heterocycles.